The van der Waals surface area contributed by atoms with Crippen LogP contribution in [0.25, 0.3) is 21.9 Å². The largest absolute Gasteiger partial charge is 0.464 e. The van der Waals surface area contributed by atoms with Crippen LogP contribution in [0, 0.1) is 19.8 Å². The van der Waals surface area contributed by atoms with Gasteiger partial charge in [0.05, 0.1) is 18.2 Å². The molecule has 6 heteroatoms. The summed E-state index contributed by atoms with van der Waals surface area (Å²) >= 11 is 0. The average Bonchev–Trinajstić information content (AvgIpc) is 3.26. The third kappa shape index (κ3) is 4.42. The molecular weight excluding hydrogens is 440 g/mol. The van der Waals surface area contributed by atoms with E-state index in [-0.39, 0.29) is 17.7 Å². The number of furan rings is 1. The number of aryl methyl sites for hydroxylation is 2. The highest BCUT2D eigenvalue weighted by atomic mass is 16.4. The van der Waals surface area contributed by atoms with Crippen molar-refractivity contribution in [2.75, 3.05) is 19.6 Å². The van der Waals surface area contributed by atoms with Gasteiger partial charge >= 0.3 is 5.63 Å². The Morgan fingerprint density at radius 2 is 1.83 bits per heavy atom. The van der Waals surface area contributed by atoms with E-state index in [1.165, 1.54) is 38.8 Å². The molecule has 0 bridgehead atoms. The normalized spacial score (nSPS) is 21.4. The van der Waals surface area contributed by atoms with E-state index in [0.29, 0.717) is 29.7 Å². The molecule has 5 rings (SSSR count). The van der Waals surface area contributed by atoms with Gasteiger partial charge in [0.2, 0.25) is 5.91 Å². The molecule has 2 aliphatic rings. The third-order valence-electron chi connectivity index (χ3n) is 8.28. The van der Waals surface area contributed by atoms with Gasteiger partial charge in [-0.05, 0) is 75.6 Å². The molecule has 4 heterocycles. The summed E-state index contributed by atoms with van der Waals surface area (Å²) in [5, 5.41) is 5.04. The highest BCUT2D eigenvalue weighted by Gasteiger charge is 2.33. The molecule has 2 fully saturated rings. The minimum absolute atomic E-state index is 0.0415. The lowest BCUT2D eigenvalue weighted by molar-refractivity contribution is -0.120. The molecule has 1 N–H and O–H groups in total. The van der Waals surface area contributed by atoms with E-state index in [9.17, 15) is 9.59 Å². The number of rotatable bonds is 4. The second kappa shape index (κ2) is 9.12. The van der Waals surface area contributed by atoms with E-state index < -0.39 is 5.63 Å². The highest BCUT2D eigenvalue weighted by molar-refractivity contribution is 6.00. The number of nitrogens with one attached hydrogen (secondary N) is 1. The zero-order chi connectivity index (χ0) is 24.9. The standard InChI is InChI=1S/C29H38N2O4/c1-17-20-13-22-23(29(3,4)5)16-34-26(22)18(2)27(20)35-28(33)21(17)14-25(32)30-15-19-9-8-12-31-11-7-6-10-24(19)31/h13,16,19,24H,6-12,14-15H2,1-5H3,(H,30,32)/t19-,24-/m1/s1. The second-order valence-electron chi connectivity index (χ2n) is 11.6. The monoisotopic (exact) mass is 478 g/mol. The molecule has 2 aliphatic heterocycles. The highest BCUT2D eigenvalue weighted by Crippen LogP contribution is 2.37. The predicted molar refractivity (Wildman–Crippen MR) is 139 cm³/mol. The van der Waals surface area contributed by atoms with Gasteiger partial charge in [-0.15, -0.1) is 0 Å². The van der Waals surface area contributed by atoms with Gasteiger partial charge in [-0.1, -0.05) is 27.2 Å². The number of carbonyl (C=O) groups is 1. The fraction of sp³-hybridized carbons (Fsp3) is 0.586. The molecule has 2 atom stereocenters. The molecule has 0 aliphatic carbocycles. The summed E-state index contributed by atoms with van der Waals surface area (Å²) in [7, 11) is 0. The lowest BCUT2D eigenvalue weighted by Gasteiger charge is -2.44. The van der Waals surface area contributed by atoms with Crippen LogP contribution in [0.15, 0.2) is 26.0 Å². The molecule has 0 saturated carbocycles. The van der Waals surface area contributed by atoms with Crippen LogP contribution in [0.5, 0.6) is 0 Å². The molecule has 188 valence electrons. The lowest BCUT2D eigenvalue weighted by atomic mass is 9.83. The minimum atomic E-state index is -0.439. The first kappa shape index (κ1) is 24.1. The zero-order valence-electron chi connectivity index (χ0n) is 21.8. The van der Waals surface area contributed by atoms with Crippen LogP contribution in [0.1, 0.15) is 75.1 Å². The summed E-state index contributed by atoms with van der Waals surface area (Å²) in [6.07, 6.45) is 8.00. The van der Waals surface area contributed by atoms with Gasteiger partial charge in [-0.25, -0.2) is 4.79 Å². The van der Waals surface area contributed by atoms with Crippen molar-refractivity contribution in [3.8, 4) is 0 Å². The van der Waals surface area contributed by atoms with Crippen LogP contribution in [-0.4, -0.2) is 36.5 Å². The average molecular weight is 479 g/mol. The van der Waals surface area contributed by atoms with Crippen LogP contribution in [-0.2, 0) is 16.6 Å². The SMILES string of the molecule is Cc1c(CC(=O)NC[C@H]2CCCN3CCCC[C@H]23)c(=O)oc2c(C)c3occ(C(C)(C)C)c3cc12. The van der Waals surface area contributed by atoms with Crippen LogP contribution >= 0.6 is 0 Å². The van der Waals surface area contributed by atoms with Crippen LogP contribution in [0.4, 0.5) is 0 Å². The van der Waals surface area contributed by atoms with E-state index in [2.05, 4.69) is 37.1 Å². The molecule has 2 saturated heterocycles. The van der Waals surface area contributed by atoms with Gasteiger partial charge in [0.1, 0.15) is 11.2 Å². The quantitative estimate of drug-likeness (QED) is 0.510. The topological polar surface area (TPSA) is 75.7 Å². The summed E-state index contributed by atoms with van der Waals surface area (Å²) in [6.45, 7) is 13.4. The van der Waals surface area contributed by atoms with Crippen molar-refractivity contribution in [2.24, 2.45) is 5.92 Å². The molecule has 3 aromatic rings. The summed E-state index contributed by atoms with van der Waals surface area (Å²) in [5.41, 5.74) is 3.96. The number of carbonyl (C=O) groups excluding carboxylic acids is 1. The molecule has 0 radical (unpaired) electrons. The number of amides is 1. The smallest absolute Gasteiger partial charge is 0.340 e. The van der Waals surface area contributed by atoms with Gasteiger partial charge in [0.25, 0.3) is 0 Å². The molecule has 0 unspecified atom stereocenters. The fourth-order valence-electron chi connectivity index (χ4n) is 6.26. The minimum Gasteiger partial charge on any atom is -0.464 e. The van der Waals surface area contributed by atoms with Crippen molar-refractivity contribution in [3.05, 3.63) is 45.0 Å². The lowest BCUT2D eigenvalue weighted by Crippen LogP contribution is -2.51. The number of hydrogen-bond acceptors (Lipinski definition) is 5. The summed E-state index contributed by atoms with van der Waals surface area (Å²) in [5.74, 6) is 0.388. The Balaban J connectivity index is 1.40. The second-order valence-corrected chi connectivity index (χ2v) is 11.6. The van der Waals surface area contributed by atoms with Gasteiger partial charge < -0.3 is 19.1 Å². The van der Waals surface area contributed by atoms with E-state index in [1.807, 2.05) is 13.8 Å². The number of benzene rings is 1. The predicted octanol–water partition coefficient (Wildman–Crippen LogP) is 5.38. The van der Waals surface area contributed by atoms with E-state index in [1.54, 1.807) is 6.26 Å². The molecule has 0 spiro atoms. The van der Waals surface area contributed by atoms with Crippen molar-refractivity contribution < 1.29 is 13.6 Å². The molecular formula is C29H38N2O4. The van der Waals surface area contributed by atoms with Crippen LogP contribution in [0.2, 0.25) is 0 Å². The van der Waals surface area contributed by atoms with E-state index in [4.69, 9.17) is 8.83 Å². The fourth-order valence-corrected chi connectivity index (χ4v) is 6.26. The van der Waals surface area contributed by atoms with Crippen LogP contribution < -0.4 is 10.9 Å². The first-order valence-electron chi connectivity index (χ1n) is 13.1. The zero-order valence-corrected chi connectivity index (χ0v) is 21.8. The molecule has 2 aromatic heterocycles. The Kier molecular flexibility index (Phi) is 6.28. The van der Waals surface area contributed by atoms with Gasteiger partial charge in [0, 0.05) is 34.5 Å². The van der Waals surface area contributed by atoms with E-state index >= 15 is 0 Å². The maximum absolute atomic E-state index is 13.0. The van der Waals surface area contributed by atoms with E-state index in [0.717, 1.165) is 39.5 Å². The van der Waals surface area contributed by atoms with Crippen molar-refractivity contribution in [2.45, 2.75) is 84.6 Å². The Hall–Kier alpha value is -2.60. The third-order valence-corrected chi connectivity index (χ3v) is 8.28. The van der Waals surface area contributed by atoms with Crippen molar-refractivity contribution in [1.82, 2.24) is 10.2 Å². The number of nitrogens with zero attached hydrogens (tertiary/aromatic N) is 1. The molecule has 35 heavy (non-hydrogen) atoms. The Morgan fingerprint density at radius 3 is 2.60 bits per heavy atom. The summed E-state index contributed by atoms with van der Waals surface area (Å²) in [4.78, 5) is 28.5. The first-order valence-corrected chi connectivity index (χ1v) is 13.1. The molecule has 1 amide bonds. The number of fused-ring (bicyclic) bond motifs is 3. The Morgan fingerprint density at radius 1 is 1.06 bits per heavy atom. The Labute approximate surface area is 207 Å². The van der Waals surface area contributed by atoms with Gasteiger partial charge in [-0.3, -0.25) is 4.79 Å². The summed E-state index contributed by atoms with van der Waals surface area (Å²) in [6, 6.07) is 2.64. The van der Waals surface area contributed by atoms with Gasteiger partial charge in [-0.2, -0.15) is 0 Å². The first-order chi connectivity index (χ1) is 16.6. The summed E-state index contributed by atoms with van der Waals surface area (Å²) < 4.78 is 11.7. The van der Waals surface area contributed by atoms with Crippen LogP contribution in [0.3, 0.4) is 0 Å². The maximum atomic E-state index is 13.0. The van der Waals surface area contributed by atoms with Crippen molar-refractivity contribution in [1.29, 1.82) is 0 Å². The number of hydrogen-bond donors (Lipinski definition) is 1. The number of piperidine rings is 2. The Bertz CT molecular complexity index is 1320. The van der Waals surface area contributed by atoms with Gasteiger partial charge in [0.15, 0.2) is 0 Å². The van der Waals surface area contributed by atoms with Crippen molar-refractivity contribution >= 4 is 27.8 Å². The van der Waals surface area contributed by atoms with Crippen molar-refractivity contribution in [3.63, 3.8) is 0 Å². The molecule has 6 nitrogen and oxygen atoms in total. The molecule has 1 aromatic carbocycles. The maximum Gasteiger partial charge on any atom is 0.340 e.